The van der Waals surface area contributed by atoms with Crippen LogP contribution in [-0.2, 0) is 0 Å². The van der Waals surface area contributed by atoms with E-state index in [1.807, 2.05) is 0 Å². The van der Waals surface area contributed by atoms with E-state index in [0.29, 0.717) is 45.4 Å². The molecule has 0 fully saturated rings. The topological polar surface area (TPSA) is 122 Å². The Morgan fingerprint density at radius 3 is 2.37 bits per heavy atom. The van der Waals surface area contributed by atoms with Gasteiger partial charge in [0, 0.05) is 22.8 Å². The van der Waals surface area contributed by atoms with Gasteiger partial charge in [-0.05, 0) is 18.2 Å². The third-order valence-electron chi connectivity index (χ3n) is 4.32. The number of halogens is 1. The van der Waals surface area contributed by atoms with Crippen LogP contribution < -0.4 is 25.3 Å². The number of ether oxygens (including phenoxy) is 3. The molecule has 0 unspecified atom stereocenters. The second kappa shape index (κ2) is 7.91. The Balaban J connectivity index is 1.73. The minimum absolute atomic E-state index is 0.234. The molecule has 0 spiro atoms. The van der Waals surface area contributed by atoms with Gasteiger partial charge in [-0.25, -0.2) is 19.5 Å². The van der Waals surface area contributed by atoms with E-state index in [1.165, 1.54) is 6.33 Å². The minimum atomic E-state index is 0.234. The number of aromatic nitrogens is 5. The predicted octanol–water partition coefficient (Wildman–Crippen LogP) is 3.22. The van der Waals surface area contributed by atoms with Crippen molar-refractivity contribution in [3.8, 4) is 23.2 Å². The van der Waals surface area contributed by atoms with Crippen LogP contribution >= 0.6 is 11.6 Å². The average molecular weight is 428 g/mol. The van der Waals surface area contributed by atoms with Crippen molar-refractivity contribution in [3.05, 3.63) is 41.7 Å². The first kappa shape index (κ1) is 19.5. The van der Waals surface area contributed by atoms with Crippen molar-refractivity contribution in [1.82, 2.24) is 24.5 Å². The highest BCUT2D eigenvalue weighted by atomic mass is 35.5. The third kappa shape index (κ3) is 3.48. The molecule has 0 saturated heterocycles. The van der Waals surface area contributed by atoms with E-state index in [2.05, 4.69) is 25.3 Å². The van der Waals surface area contributed by atoms with Crippen LogP contribution in [0, 0.1) is 0 Å². The number of nitrogens with one attached hydrogen (secondary N) is 1. The molecule has 0 aliphatic heterocycles. The fraction of sp³-hybridized carbons (Fsp3) is 0.158. The lowest BCUT2D eigenvalue weighted by molar-refractivity contribution is 0.324. The van der Waals surface area contributed by atoms with E-state index < -0.39 is 0 Å². The Bertz CT molecular complexity index is 1200. The Hall–Kier alpha value is -3.79. The number of nitrogens with two attached hydrogens (primary N) is 1. The number of hydrogen-bond donors (Lipinski definition) is 2. The van der Waals surface area contributed by atoms with Gasteiger partial charge in [0.1, 0.15) is 6.33 Å². The molecule has 154 valence electrons. The summed E-state index contributed by atoms with van der Waals surface area (Å²) in [5.41, 5.74) is 8.09. The summed E-state index contributed by atoms with van der Waals surface area (Å²) < 4.78 is 17.7. The summed E-state index contributed by atoms with van der Waals surface area (Å²) in [6.45, 7) is 0. The van der Waals surface area contributed by atoms with Gasteiger partial charge in [0.25, 0.3) is 0 Å². The van der Waals surface area contributed by atoms with Gasteiger partial charge in [-0.15, -0.1) is 0 Å². The van der Waals surface area contributed by atoms with E-state index >= 15 is 0 Å². The van der Waals surface area contributed by atoms with Crippen molar-refractivity contribution < 1.29 is 14.2 Å². The van der Waals surface area contributed by atoms with Crippen molar-refractivity contribution in [2.24, 2.45) is 0 Å². The molecule has 2 heterocycles. The summed E-state index contributed by atoms with van der Waals surface area (Å²) in [6.07, 6.45) is 1.38. The summed E-state index contributed by atoms with van der Waals surface area (Å²) in [4.78, 5) is 17.2. The zero-order valence-corrected chi connectivity index (χ0v) is 17.1. The molecule has 4 rings (SSSR count). The van der Waals surface area contributed by atoms with Gasteiger partial charge in [-0.2, -0.15) is 4.98 Å². The number of fused-ring (bicyclic) bond motifs is 1. The number of methoxy groups -OCH3 is 3. The van der Waals surface area contributed by atoms with E-state index in [4.69, 9.17) is 31.5 Å². The highest BCUT2D eigenvalue weighted by Gasteiger charge is 2.16. The lowest BCUT2D eigenvalue weighted by Crippen LogP contribution is -2.08. The first-order valence-corrected chi connectivity index (χ1v) is 9.11. The number of imidazole rings is 1. The molecule has 0 bridgehead atoms. The summed E-state index contributed by atoms with van der Waals surface area (Å²) in [6, 6.07) is 8.76. The Morgan fingerprint density at radius 1 is 0.967 bits per heavy atom. The van der Waals surface area contributed by atoms with Crippen LogP contribution in [0.2, 0.25) is 5.02 Å². The van der Waals surface area contributed by atoms with Gasteiger partial charge < -0.3 is 25.3 Å². The molecule has 4 aromatic rings. The van der Waals surface area contributed by atoms with Gasteiger partial charge in [-0.1, -0.05) is 11.6 Å². The maximum Gasteiger partial charge on any atom is 0.241 e. The first-order chi connectivity index (χ1) is 14.5. The normalized spacial score (nSPS) is 10.8. The second-order valence-corrected chi connectivity index (χ2v) is 6.52. The van der Waals surface area contributed by atoms with Crippen molar-refractivity contribution in [2.45, 2.75) is 0 Å². The summed E-state index contributed by atoms with van der Waals surface area (Å²) in [5.74, 6) is 2.31. The zero-order chi connectivity index (χ0) is 21.3. The van der Waals surface area contributed by atoms with Crippen LogP contribution in [0.1, 0.15) is 0 Å². The molecule has 30 heavy (non-hydrogen) atoms. The van der Waals surface area contributed by atoms with Crippen molar-refractivity contribution in [3.63, 3.8) is 0 Å². The van der Waals surface area contributed by atoms with E-state index in [9.17, 15) is 0 Å². The maximum absolute atomic E-state index is 6.09. The highest BCUT2D eigenvalue weighted by Crippen LogP contribution is 2.40. The predicted molar refractivity (Wildman–Crippen MR) is 113 cm³/mol. The summed E-state index contributed by atoms with van der Waals surface area (Å²) >= 11 is 6.04. The fourth-order valence-corrected chi connectivity index (χ4v) is 3.19. The van der Waals surface area contributed by atoms with Gasteiger partial charge in [0.05, 0.1) is 32.4 Å². The largest absolute Gasteiger partial charge is 0.493 e. The number of anilines is 3. The van der Waals surface area contributed by atoms with E-state index in [1.54, 1.807) is 56.2 Å². The van der Waals surface area contributed by atoms with Crippen molar-refractivity contribution >= 4 is 40.2 Å². The van der Waals surface area contributed by atoms with Gasteiger partial charge in [-0.3, -0.25) is 0 Å². The molecule has 0 saturated carbocycles. The molecule has 0 aliphatic rings. The second-order valence-electron chi connectivity index (χ2n) is 6.09. The van der Waals surface area contributed by atoms with Crippen molar-refractivity contribution in [1.29, 1.82) is 0 Å². The molecule has 11 heteroatoms. The monoisotopic (exact) mass is 427 g/mol. The van der Waals surface area contributed by atoms with Crippen LogP contribution in [0.5, 0.6) is 17.2 Å². The van der Waals surface area contributed by atoms with E-state index in [0.717, 1.165) is 5.52 Å². The maximum atomic E-state index is 6.09. The van der Waals surface area contributed by atoms with Crippen LogP contribution in [-0.4, -0.2) is 45.8 Å². The van der Waals surface area contributed by atoms with Crippen LogP contribution in [0.4, 0.5) is 17.6 Å². The third-order valence-corrected chi connectivity index (χ3v) is 4.56. The number of hydrogen-bond acceptors (Lipinski definition) is 9. The Kier molecular flexibility index (Phi) is 5.15. The molecule has 10 nitrogen and oxygen atoms in total. The molecule has 2 aromatic heterocycles. The lowest BCUT2D eigenvalue weighted by atomic mass is 10.2. The Morgan fingerprint density at radius 2 is 1.70 bits per heavy atom. The van der Waals surface area contributed by atoms with E-state index in [-0.39, 0.29) is 5.95 Å². The molecule has 0 atom stereocenters. The van der Waals surface area contributed by atoms with Gasteiger partial charge >= 0.3 is 0 Å². The van der Waals surface area contributed by atoms with Crippen LogP contribution in [0.25, 0.3) is 17.0 Å². The lowest BCUT2D eigenvalue weighted by Gasteiger charge is -2.14. The quantitative estimate of drug-likeness (QED) is 0.477. The SMILES string of the molecule is COc1cc(Nc2ncnc(-n3c(N)nc4cc(Cl)ccc43)n2)cc(OC)c1OC. The first-order valence-electron chi connectivity index (χ1n) is 8.74. The molecular weight excluding hydrogens is 410 g/mol. The molecule has 0 amide bonds. The van der Waals surface area contributed by atoms with Crippen molar-refractivity contribution in [2.75, 3.05) is 32.4 Å². The molecule has 2 aromatic carbocycles. The molecule has 0 radical (unpaired) electrons. The molecule has 3 N–H and O–H groups in total. The van der Waals surface area contributed by atoms with Crippen LogP contribution in [0.15, 0.2) is 36.7 Å². The highest BCUT2D eigenvalue weighted by molar-refractivity contribution is 6.31. The molecular formula is C19H18ClN7O3. The standard InChI is InChI=1S/C19H18ClN7O3/c1-28-14-7-11(8-15(29-2)16(14)30-3)24-18-22-9-23-19(26-18)27-13-5-4-10(20)6-12(13)25-17(27)21/h4-9H,1-3H3,(H2,21,25)(H,22,23,24,26). The average Bonchev–Trinajstić information content (AvgIpc) is 3.07. The number of benzene rings is 2. The minimum Gasteiger partial charge on any atom is -0.493 e. The van der Waals surface area contributed by atoms with Gasteiger partial charge in [0.2, 0.25) is 23.6 Å². The number of nitrogens with zero attached hydrogens (tertiary/aromatic N) is 5. The number of nitrogen functional groups attached to an aromatic ring is 1. The summed E-state index contributed by atoms with van der Waals surface area (Å²) in [7, 11) is 4.63. The van der Waals surface area contributed by atoms with Crippen LogP contribution in [0.3, 0.4) is 0 Å². The molecule has 0 aliphatic carbocycles. The smallest absolute Gasteiger partial charge is 0.241 e. The number of rotatable bonds is 6. The fourth-order valence-electron chi connectivity index (χ4n) is 3.02. The summed E-state index contributed by atoms with van der Waals surface area (Å²) in [5, 5.41) is 3.67. The van der Waals surface area contributed by atoms with Gasteiger partial charge in [0.15, 0.2) is 11.5 Å². The zero-order valence-electron chi connectivity index (χ0n) is 16.4. The Labute approximate surface area is 176 Å².